The van der Waals surface area contributed by atoms with E-state index in [0.29, 0.717) is 19.8 Å². The third-order valence-corrected chi connectivity index (χ3v) is 3.90. The zero-order valence-electron chi connectivity index (χ0n) is 10.8. The lowest BCUT2D eigenvalue weighted by atomic mass is 9.85. The Bertz CT molecular complexity index is 401. The Kier molecular flexibility index (Phi) is 2.81. The van der Waals surface area contributed by atoms with Crippen molar-refractivity contribution in [2.75, 3.05) is 26.9 Å². The molecule has 1 aromatic rings. The molecule has 1 aromatic carbocycles. The van der Waals surface area contributed by atoms with Gasteiger partial charge in [-0.2, -0.15) is 0 Å². The second kappa shape index (κ2) is 4.23. The van der Waals surface area contributed by atoms with Crippen molar-refractivity contribution in [3.63, 3.8) is 0 Å². The molecule has 0 spiro atoms. The zero-order chi connectivity index (χ0) is 12.6. The normalized spacial score (nSPS) is 34.6. The number of hydrogen-bond acceptors (Lipinski definition) is 4. The van der Waals surface area contributed by atoms with Crippen LogP contribution >= 0.6 is 0 Å². The van der Waals surface area contributed by atoms with Crippen LogP contribution in [0.5, 0.6) is 5.75 Å². The second-order valence-electron chi connectivity index (χ2n) is 5.00. The van der Waals surface area contributed by atoms with Gasteiger partial charge in [0.1, 0.15) is 5.75 Å². The van der Waals surface area contributed by atoms with E-state index in [1.165, 1.54) is 0 Å². The summed E-state index contributed by atoms with van der Waals surface area (Å²) in [4.78, 5) is 0. The number of ether oxygens (including phenoxy) is 4. The second-order valence-corrected chi connectivity index (χ2v) is 5.00. The van der Waals surface area contributed by atoms with Crippen molar-refractivity contribution >= 4 is 0 Å². The first kappa shape index (κ1) is 12.0. The third kappa shape index (κ3) is 1.72. The highest BCUT2D eigenvalue weighted by molar-refractivity contribution is 5.29. The topological polar surface area (TPSA) is 36.9 Å². The summed E-state index contributed by atoms with van der Waals surface area (Å²) in [5, 5.41) is 0. The number of benzene rings is 1. The van der Waals surface area contributed by atoms with Gasteiger partial charge in [-0.15, -0.1) is 0 Å². The third-order valence-electron chi connectivity index (χ3n) is 3.90. The van der Waals surface area contributed by atoms with Gasteiger partial charge in [0.2, 0.25) is 0 Å². The van der Waals surface area contributed by atoms with E-state index in [1.807, 2.05) is 24.3 Å². The van der Waals surface area contributed by atoms with Crippen molar-refractivity contribution < 1.29 is 18.9 Å². The summed E-state index contributed by atoms with van der Waals surface area (Å²) in [7, 11) is 1.65. The van der Waals surface area contributed by atoms with Crippen LogP contribution < -0.4 is 4.74 Å². The monoisotopic (exact) mass is 250 g/mol. The Hall–Kier alpha value is -1.10. The molecule has 3 aliphatic heterocycles. The zero-order valence-corrected chi connectivity index (χ0v) is 10.8. The van der Waals surface area contributed by atoms with Crippen LogP contribution in [0.1, 0.15) is 18.9 Å². The van der Waals surface area contributed by atoms with Crippen molar-refractivity contribution in [3.05, 3.63) is 29.8 Å². The quantitative estimate of drug-likeness (QED) is 0.824. The minimum atomic E-state index is -1.01. The SMILES string of the molecule is CCC12COC(c3ccc(OC)cc3)(OC1)OC2. The van der Waals surface area contributed by atoms with Crippen molar-refractivity contribution in [2.45, 2.75) is 19.3 Å². The van der Waals surface area contributed by atoms with Crippen LogP contribution in [0.2, 0.25) is 0 Å². The predicted octanol–water partition coefficient (Wildman–Crippen LogP) is 2.28. The molecule has 0 amide bonds. The Labute approximate surface area is 107 Å². The molecule has 0 atom stereocenters. The highest BCUT2D eigenvalue weighted by Gasteiger charge is 2.52. The van der Waals surface area contributed by atoms with E-state index in [-0.39, 0.29) is 5.41 Å². The lowest BCUT2D eigenvalue weighted by Crippen LogP contribution is -2.58. The molecule has 0 aromatic heterocycles. The van der Waals surface area contributed by atoms with E-state index < -0.39 is 5.97 Å². The molecule has 3 fully saturated rings. The Morgan fingerprint density at radius 2 is 1.61 bits per heavy atom. The summed E-state index contributed by atoms with van der Waals surface area (Å²) in [6, 6.07) is 7.61. The lowest BCUT2D eigenvalue weighted by molar-refractivity contribution is -0.480. The van der Waals surface area contributed by atoms with Crippen LogP contribution in [0.25, 0.3) is 0 Å². The van der Waals surface area contributed by atoms with Crippen LogP contribution in [0, 0.1) is 5.41 Å². The largest absolute Gasteiger partial charge is 0.497 e. The van der Waals surface area contributed by atoms with E-state index in [4.69, 9.17) is 18.9 Å². The Morgan fingerprint density at radius 3 is 2.06 bits per heavy atom. The summed E-state index contributed by atoms with van der Waals surface area (Å²) in [6.07, 6.45) is 1.01. The molecular weight excluding hydrogens is 232 g/mol. The van der Waals surface area contributed by atoms with Crippen molar-refractivity contribution in [1.82, 2.24) is 0 Å². The standard InChI is InChI=1S/C14H18O4/c1-3-13-8-16-14(17-9-13,18-10-13)11-4-6-12(15-2)7-5-11/h4-7H,3,8-10H2,1-2H3. The van der Waals surface area contributed by atoms with Gasteiger partial charge >= 0.3 is 5.97 Å². The molecule has 18 heavy (non-hydrogen) atoms. The molecule has 0 unspecified atom stereocenters. The molecule has 3 saturated heterocycles. The molecule has 2 bridgehead atoms. The first-order chi connectivity index (χ1) is 8.72. The van der Waals surface area contributed by atoms with Gasteiger partial charge in [-0.25, -0.2) is 0 Å². The minimum absolute atomic E-state index is 0.0359. The highest BCUT2D eigenvalue weighted by atomic mass is 16.9. The fraction of sp³-hybridized carbons (Fsp3) is 0.571. The Balaban J connectivity index is 1.84. The van der Waals surface area contributed by atoms with Gasteiger partial charge in [-0.1, -0.05) is 6.92 Å². The summed E-state index contributed by atoms with van der Waals surface area (Å²) < 4.78 is 22.6. The fourth-order valence-corrected chi connectivity index (χ4v) is 2.35. The van der Waals surface area contributed by atoms with Crippen molar-refractivity contribution in [3.8, 4) is 5.75 Å². The molecule has 4 nitrogen and oxygen atoms in total. The molecule has 98 valence electrons. The van der Waals surface area contributed by atoms with Gasteiger partial charge in [-0.3, -0.25) is 0 Å². The molecule has 0 aliphatic carbocycles. The van der Waals surface area contributed by atoms with Crippen molar-refractivity contribution in [2.24, 2.45) is 5.41 Å². The minimum Gasteiger partial charge on any atom is -0.497 e. The fourth-order valence-electron chi connectivity index (χ4n) is 2.35. The Morgan fingerprint density at radius 1 is 1.06 bits per heavy atom. The molecule has 4 heteroatoms. The van der Waals surface area contributed by atoms with E-state index in [2.05, 4.69) is 6.92 Å². The first-order valence-electron chi connectivity index (χ1n) is 6.28. The van der Waals surface area contributed by atoms with Gasteiger partial charge in [0, 0.05) is 11.0 Å². The maximum Gasteiger partial charge on any atom is 0.312 e. The van der Waals surface area contributed by atoms with Gasteiger partial charge in [0.05, 0.1) is 26.9 Å². The number of rotatable bonds is 3. The van der Waals surface area contributed by atoms with Crippen LogP contribution in [0.4, 0.5) is 0 Å². The van der Waals surface area contributed by atoms with Crippen LogP contribution in [0.3, 0.4) is 0 Å². The highest BCUT2D eigenvalue weighted by Crippen LogP contribution is 2.45. The van der Waals surface area contributed by atoms with E-state index in [1.54, 1.807) is 7.11 Å². The number of fused-ring (bicyclic) bond motifs is 3. The average molecular weight is 250 g/mol. The summed E-state index contributed by atoms with van der Waals surface area (Å²) in [5.74, 6) is -0.201. The van der Waals surface area contributed by atoms with Gasteiger partial charge in [0.15, 0.2) is 0 Å². The van der Waals surface area contributed by atoms with Gasteiger partial charge in [-0.05, 0) is 30.7 Å². The number of hydrogen-bond donors (Lipinski definition) is 0. The predicted molar refractivity (Wildman–Crippen MR) is 65.3 cm³/mol. The molecule has 0 radical (unpaired) electrons. The van der Waals surface area contributed by atoms with E-state index >= 15 is 0 Å². The molecule has 0 saturated carbocycles. The first-order valence-corrected chi connectivity index (χ1v) is 6.28. The van der Waals surface area contributed by atoms with E-state index in [9.17, 15) is 0 Å². The maximum absolute atomic E-state index is 5.83. The van der Waals surface area contributed by atoms with Gasteiger partial charge < -0.3 is 18.9 Å². The maximum atomic E-state index is 5.83. The average Bonchev–Trinajstić information content (AvgIpc) is 2.49. The van der Waals surface area contributed by atoms with Crippen LogP contribution in [0.15, 0.2) is 24.3 Å². The van der Waals surface area contributed by atoms with Crippen LogP contribution in [-0.4, -0.2) is 26.9 Å². The molecule has 3 heterocycles. The lowest BCUT2D eigenvalue weighted by Gasteiger charge is -2.51. The molecule has 0 N–H and O–H groups in total. The van der Waals surface area contributed by atoms with Gasteiger partial charge in [0.25, 0.3) is 0 Å². The molecule has 4 rings (SSSR count). The molecular formula is C14H18O4. The molecule has 3 aliphatic rings. The smallest absolute Gasteiger partial charge is 0.312 e. The van der Waals surface area contributed by atoms with E-state index in [0.717, 1.165) is 17.7 Å². The number of methoxy groups -OCH3 is 1. The summed E-state index contributed by atoms with van der Waals surface area (Å²) >= 11 is 0. The summed E-state index contributed by atoms with van der Waals surface area (Å²) in [5.41, 5.74) is 0.918. The van der Waals surface area contributed by atoms with Crippen molar-refractivity contribution in [1.29, 1.82) is 0 Å². The van der Waals surface area contributed by atoms with Crippen LogP contribution in [-0.2, 0) is 20.2 Å². The summed E-state index contributed by atoms with van der Waals surface area (Å²) in [6.45, 7) is 4.21.